The van der Waals surface area contributed by atoms with E-state index in [1.54, 1.807) is 18.2 Å². The van der Waals surface area contributed by atoms with Crippen LogP contribution in [0.2, 0.25) is 5.02 Å². The molecule has 0 saturated carbocycles. The van der Waals surface area contributed by atoms with Crippen LogP contribution in [0.15, 0.2) is 42.5 Å². The summed E-state index contributed by atoms with van der Waals surface area (Å²) in [6, 6.07) is 10.8. The van der Waals surface area contributed by atoms with E-state index in [4.69, 9.17) is 22.4 Å². The van der Waals surface area contributed by atoms with Gasteiger partial charge in [0.25, 0.3) is 5.91 Å². The minimum atomic E-state index is -0.302. The summed E-state index contributed by atoms with van der Waals surface area (Å²) >= 11 is 5.77. The smallest absolute Gasteiger partial charge is 0.255 e. The number of rotatable bonds is 2. The van der Waals surface area contributed by atoms with Crippen LogP contribution in [0.5, 0.6) is 5.75 Å². The molecule has 0 aliphatic heterocycles. The zero-order chi connectivity index (χ0) is 13.1. The molecule has 0 heterocycles. The summed E-state index contributed by atoms with van der Waals surface area (Å²) in [6.45, 7) is 0. The minimum absolute atomic E-state index is 0.109. The van der Waals surface area contributed by atoms with Crippen molar-refractivity contribution in [3.8, 4) is 5.75 Å². The molecule has 0 atom stereocenters. The molecule has 2 aromatic rings. The van der Waals surface area contributed by atoms with Crippen molar-refractivity contribution in [1.82, 2.24) is 0 Å². The number of nitrogens with two attached hydrogens (primary N) is 1. The highest BCUT2D eigenvalue weighted by Crippen LogP contribution is 2.23. The van der Waals surface area contributed by atoms with Crippen molar-refractivity contribution < 1.29 is 9.90 Å². The summed E-state index contributed by atoms with van der Waals surface area (Å²) in [6.07, 6.45) is 0. The summed E-state index contributed by atoms with van der Waals surface area (Å²) in [7, 11) is 0. The fourth-order valence-electron chi connectivity index (χ4n) is 1.45. The molecule has 1 amide bonds. The minimum Gasteiger partial charge on any atom is -0.508 e. The third-order valence-corrected chi connectivity index (χ3v) is 2.63. The second kappa shape index (κ2) is 4.98. The summed E-state index contributed by atoms with van der Waals surface area (Å²) < 4.78 is 0. The molecule has 5 heteroatoms. The lowest BCUT2D eigenvalue weighted by atomic mass is 10.2. The third kappa shape index (κ3) is 2.73. The van der Waals surface area contributed by atoms with Crippen molar-refractivity contribution in [3.63, 3.8) is 0 Å². The van der Waals surface area contributed by atoms with E-state index in [0.29, 0.717) is 22.0 Å². The van der Waals surface area contributed by atoms with Crippen molar-refractivity contribution in [2.24, 2.45) is 0 Å². The van der Waals surface area contributed by atoms with Crippen molar-refractivity contribution in [2.75, 3.05) is 11.1 Å². The molecular formula is C13H11ClN2O2. The Bertz CT molecular complexity index is 582. The molecule has 2 aromatic carbocycles. The van der Waals surface area contributed by atoms with Crippen LogP contribution >= 0.6 is 11.6 Å². The van der Waals surface area contributed by atoms with E-state index >= 15 is 0 Å². The topological polar surface area (TPSA) is 75.3 Å². The Kier molecular flexibility index (Phi) is 3.39. The van der Waals surface area contributed by atoms with Crippen LogP contribution in [0.3, 0.4) is 0 Å². The lowest BCUT2D eigenvalue weighted by Crippen LogP contribution is -2.12. The van der Waals surface area contributed by atoms with Gasteiger partial charge in [-0.2, -0.15) is 0 Å². The molecular weight excluding hydrogens is 252 g/mol. The van der Waals surface area contributed by atoms with Gasteiger partial charge in [-0.1, -0.05) is 11.6 Å². The van der Waals surface area contributed by atoms with Crippen LogP contribution in [-0.4, -0.2) is 11.0 Å². The van der Waals surface area contributed by atoms with E-state index in [2.05, 4.69) is 5.32 Å². The second-order valence-corrected chi connectivity index (χ2v) is 4.17. The van der Waals surface area contributed by atoms with Crippen LogP contribution in [0.4, 0.5) is 11.4 Å². The number of anilines is 2. The molecule has 0 bridgehead atoms. The van der Waals surface area contributed by atoms with Gasteiger partial charge < -0.3 is 16.2 Å². The predicted molar refractivity (Wildman–Crippen MR) is 71.9 cm³/mol. The Balaban J connectivity index is 2.18. The number of hydrogen-bond acceptors (Lipinski definition) is 3. The number of phenolic OH excluding ortho intramolecular Hbond substituents is 1. The van der Waals surface area contributed by atoms with Crippen molar-refractivity contribution in [2.45, 2.75) is 0 Å². The first-order valence-electron chi connectivity index (χ1n) is 5.21. The molecule has 0 aliphatic carbocycles. The van der Waals surface area contributed by atoms with Crippen LogP contribution in [0, 0.1) is 0 Å². The lowest BCUT2D eigenvalue weighted by molar-refractivity contribution is 0.102. The lowest BCUT2D eigenvalue weighted by Gasteiger charge is -2.08. The van der Waals surface area contributed by atoms with Crippen LogP contribution < -0.4 is 11.1 Å². The molecule has 18 heavy (non-hydrogen) atoms. The molecule has 92 valence electrons. The normalized spacial score (nSPS) is 10.1. The Morgan fingerprint density at radius 2 is 1.83 bits per heavy atom. The molecule has 4 N–H and O–H groups in total. The van der Waals surface area contributed by atoms with E-state index < -0.39 is 0 Å². The number of carbonyl (C=O) groups excluding carboxylic acids is 1. The molecule has 0 saturated heterocycles. The zero-order valence-electron chi connectivity index (χ0n) is 9.35. The number of hydrogen-bond donors (Lipinski definition) is 3. The first-order valence-corrected chi connectivity index (χ1v) is 5.59. The molecule has 0 aliphatic rings. The number of phenols is 1. The SMILES string of the molecule is Nc1cc(Cl)ccc1NC(=O)c1ccc(O)cc1. The van der Waals surface area contributed by atoms with Crippen molar-refractivity contribution in [1.29, 1.82) is 0 Å². The Hall–Kier alpha value is -2.20. The number of aromatic hydroxyl groups is 1. The molecule has 0 unspecified atom stereocenters. The standard InChI is InChI=1S/C13H11ClN2O2/c14-9-3-6-12(11(15)7-9)16-13(18)8-1-4-10(17)5-2-8/h1-7,17H,15H2,(H,16,18). The first-order chi connectivity index (χ1) is 8.56. The van der Waals surface area contributed by atoms with Gasteiger partial charge in [0.2, 0.25) is 0 Å². The van der Waals surface area contributed by atoms with Gasteiger partial charge in [-0.15, -0.1) is 0 Å². The number of nitrogen functional groups attached to an aromatic ring is 1. The van der Waals surface area contributed by atoms with Gasteiger partial charge in [0.1, 0.15) is 5.75 Å². The number of nitrogens with one attached hydrogen (secondary N) is 1. The third-order valence-electron chi connectivity index (χ3n) is 2.39. The molecule has 0 spiro atoms. The van der Waals surface area contributed by atoms with E-state index in [9.17, 15) is 4.79 Å². The number of carbonyl (C=O) groups is 1. The zero-order valence-corrected chi connectivity index (χ0v) is 10.1. The number of amides is 1. The van der Waals surface area contributed by atoms with E-state index in [-0.39, 0.29) is 11.7 Å². The first kappa shape index (κ1) is 12.3. The van der Waals surface area contributed by atoms with Crippen LogP contribution in [-0.2, 0) is 0 Å². The largest absolute Gasteiger partial charge is 0.508 e. The van der Waals surface area contributed by atoms with Crippen LogP contribution in [0.25, 0.3) is 0 Å². The van der Waals surface area contributed by atoms with Crippen LogP contribution in [0.1, 0.15) is 10.4 Å². The van der Waals surface area contributed by atoms with Gasteiger partial charge in [-0.25, -0.2) is 0 Å². The summed E-state index contributed by atoms with van der Waals surface area (Å²) in [5, 5.41) is 12.3. The van der Waals surface area contributed by atoms with Crippen molar-refractivity contribution >= 4 is 28.9 Å². The molecule has 2 rings (SSSR count). The van der Waals surface area contributed by atoms with Gasteiger partial charge >= 0.3 is 0 Å². The summed E-state index contributed by atoms with van der Waals surface area (Å²) in [5.41, 5.74) is 7.06. The average molecular weight is 263 g/mol. The average Bonchev–Trinajstić information content (AvgIpc) is 2.33. The maximum Gasteiger partial charge on any atom is 0.255 e. The predicted octanol–water partition coefficient (Wildman–Crippen LogP) is 2.88. The fraction of sp³-hybridized carbons (Fsp3) is 0. The van der Waals surface area contributed by atoms with Gasteiger partial charge in [-0.3, -0.25) is 4.79 Å². The molecule has 0 fully saturated rings. The summed E-state index contributed by atoms with van der Waals surface area (Å²) in [4.78, 5) is 11.9. The van der Waals surface area contributed by atoms with Gasteiger partial charge in [-0.05, 0) is 42.5 Å². The van der Waals surface area contributed by atoms with Gasteiger partial charge in [0.15, 0.2) is 0 Å². The maximum absolute atomic E-state index is 11.9. The van der Waals surface area contributed by atoms with Crippen molar-refractivity contribution in [3.05, 3.63) is 53.1 Å². The van der Waals surface area contributed by atoms with E-state index in [1.165, 1.54) is 24.3 Å². The van der Waals surface area contributed by atoms with Gasteiger partial charge in [0.05, 0.1) is 11.4 Å². The van der Waals surface area contributed by atoms with Gasteiger partial charge in [0, 0.05) is 10.6 Å². The Morgan fingerprint density at radius 3 is 2.44 bits per heavy atom. The molecule has 4 nitrogen and oxygen atoms in total. The quantitative estimate of drug-likeness (QED) is 0.729. The highest BCUT2D eigenvalue weighted by atomic mass is 35.5. The second-order valence-electron chi connectivity index (χ2n) is 3.73. The van der Waals surface area contributed by atoms with E-state index in [0.717, 1.165) is 0 Å². The maximum atomic E-state index is 11.9. The summed E-state index contributed by atoms with van der Waals surface area (Å²) in [5.74, 6) is -0.193. The fourth-order valence-corrected chi connectivity index (χ4v) is 1.64. The monoisotopic (exact) mass is 262 g/mol. The molecule has 0 radical (unpaired) electrons. The highest BCUT2D eigenvalue weighted by Gasteiger charge is 2.08. The molecule has 0 aromatic heterocycles. The highest BCUT2D eigenvalue weighted by molar-refractivity contribution is 6.31. The number of halogens is 1. The Morgan fingerprint density at radius 1 is 1.17 bits per heavy atom. The number of benzene rings is 2. The Labute approximate surface area is 109 Å². The van der Waals surface area contributed by atoms with E-state index in [1.807, 2.05) is 0 Å².